The maximum Gasteiger partial charge on any atom is 0.224 e. The Balaban J connectivity index is 1.28. The van der Waals surface area contributed by atoms with Gasteiger partial charge in [0.25, 0.3) is 0 Å². The van der Waals surface area contributed by atoms with E-state index in [1.807, 2.05) is 60.7 Å². The van der Waals surface area contributed by atoms with Gasteiger partial charge in [-0.15, -0.1) is 0 Å². The summed E-state index contributed by atoms with van der Waals surface area (Å²) in [7, 11) is 1.63. The zero-order valence-electron chi connectivity index (χ0n) is 17.5. The van der Waals surface area contributed by atoms with Gasteiger partial charge in [0, 0.05) is 25.4 Å². The third kappa shape index (κ3) is 5.79. The van der Waals surface area contributed by atoms with Crippen LogP contribution in [0, 0.1) is 5.92 Å². The third-order valence-corrected chi connectivity index (χ3v) is 5.26. The van der Waals surface area contributed by atoms with Gasteiger partial charge >= 0.3 is 0 Å². The smallest absolute Gasteiger partial charge is 0.224 e. The Hall–Kier alpha value is -3.45. The van der Waals surface area contributed by atoms with Crippen molar-refractivity contribution < 1.29 is 14.3 Å². The van der Waals surface area contributed by atoms with E-state index in [0.29, 0.717) is 24.7 Å². The van der Waals surface area contributed by atoms with E-state index in [1.54, 1.807) is 13.3 Å². The van der Waals surface area contributed by atoms with Crippen molar-refractivity contribution >= 4 is 5.91 Å². The van der Waals surface area contributed by atoms with Crippen LogP contribution in [0.4, 0.5) is 0 Å². The van der Waals surface area contributed by atoms with Crippen LogP contribution in [0.5, 0.6) is 17.4 Å². The Morgan fingerprint density at radius 2 is 1.87 bits per heavy atom. The van der Waals surface area contributed by atoms with Crippen molar-refractivity contribution in [1.82, 2.24) is 20.2 Å². The van der Waals surface area contributed by atoms with Crippen molar-refractivity contribution in [2.75, 3.05) is 20.2 Å². The number of pyridine rings is 2. The predicted molar refractivity (Wildman–Crippen MR) is 117 cm³/mol. The zero-order valence-corrected chi connectivity index (χ0v) is 17.5. The molecular formula is C24H26N4O3. The van der Waals surface area contributed by atoms with Crippen molar-refractivity contribution in [2.45, 2.75) is 19.5 Å². The lowest BCUT2D eigenvalue weighted by molar-refractivity contribution is -0.124. The molecular weight excluding hydrogens is 392 g/mol. The molecule has 3 heterocycles. The second-order valence-corrected chi connectivity index (χ2v) is 7.50. The number of carbonyl (C=O) groups is 1. The van der Waals surface area contributed by atoms with Crippen molar-refractivity contribution in [2.24, 2.45) is 5.92 Å². The molecule has 7 nitrogen and oxygen atoms in total. The summed E-state index contributed by atoms with van der Waals surface area (Å²) in [5.74, 6) is 2.10. The minimum atomic E-state index is -0.0116. The van der Waals surface area contributed by atoms with Crippen LogP contribution in [-0.4, -0.2) is 41.0 Å². The van der Waals surface area contributed by atoms with Crippen LogP contribution in [0.2, 0.25) is 0 Å². The SMILES string of the molecule is COc1ccc(Oc2cccc(CN3CCC(C(=O)NCc4ccccn4)C3)n2)cc1. The Bertz CT molecular complexity index is 995. The summed E-state index contributed by atoms with van der Waals surface area (Å²) in [6.07, 6.45) is 2.58. The highest BCUT2D eigenvalue weighted by Gasteiger charge is 2.28. The van der Waals surface area contributed by atoms with Crippen LogP contribution in [0.3, 0.4) is 0 Å². The number of nitrogens with one attached hydrogen (secondary N) is 1. The van der Waals surface area contributed by atoms with Gasteiger partial charge in [0.05, 0.1) is 31.0 Å². The predicted octanol–water partition coefficient (Wildman–Crippen LogP) is 3.42. The van der Waals surface area contributed by atoms with Gasteiger partial charge in [-0.05, 0) is 55.4 Å². The molecule has 4 rings (SSSR count). The van der Waals surface area contributed by atoms with E-state index in [9.17, 15) is 4.79 Å². The van der Waals surface area contributed by atoms with E-state index in [1.165, 1.54) is 0 Å². The maximum absolute atomic E-state index is 12.5. The number of hydrogen-bond donors (Lipinski definition) is 1. The topological polar surface area (TPSA) is 76.6 Å². The lowest BCUT2D eigenvalue weighted by Crippen LogP contribution is -2.32. The summed E-state index contributed by atoms with van der Waals surface area (Å²) in [4.78, 5) is 23.6. The minimum absolute atomic E-state index is 0.0116. The molecule has 1 unspecified atom stereocenters. The first-order valence-corrected chi connectivity index (χ1v) is 10.4. The molecule has 1 saturated heterocycles. The van der Waals surface area contributed by atoms with Crippen molar-refractivity contribution in [3.05, 3.63) is 78.2 Å². The van der Waals surface area contributed by atoms with Crippen LogP contribution in [0.1, 0.15) is 17.8 Å². The monoisotopic (exact) mass is 418 g/mol. The first-order chi connectivity index (χ1) is 15.2. The van der Waals surface area contributed by atoms with Gasteiger partial charge in [-0.25, -0.2) is 4.98 Å². The van der Waals surface area contributed by atoms with Crippen LogP contribution in [0.25, 0.3) is 0 Å². The van der Waals surface area contributed by atoms with Crippen LogP contribution < -0.4 is 14.8 Å². The van der Waals surface area contributed by atoms with E-state index in [4.69, 9.17) is 9.47 Å². The normalized spacial score (nSPS) is 16.1. The number of nitrogens with zero attached hydrogens (tertiary/aromatic N) is 3. The number of amides is 1. The fourth-order valence-electron chi connectivity index (χ4n) is 3.61. The first-order valence-electron chi connectivity index (χ1n) is 10.4. The number of aromatic nitrogens is 2. The quantitative estimate of drug-likeness (QED) is 0.604. The van der Waals surface area contributed by atoms with Gasteiger partial charge in [-0.2, -0.15) is 0 Å². The molecule has 7 heteroatoms. The number of rotatable bonds is 8. The van der Waals surface area contributed by atoms with E-state index in [0.717, 1.165) is 36.6 Å². The summed E-state index contributed by atoms with van der Waals surface area (Å²) in [5, 5.41) is 3.00. The summed E-state index contributed by atoms with van der Waals surface area (Å²) in [5.41, 5.74) is 1.78. The molecule has 160 valence electrons. The van der Waals surface area contributed by atoms with E-state index < -0.39 is 0 Å². The number of benzene rings is 1. The highest BCUT2D eigenvalue weighted by atomic mass is 16.5. The molecule has 0 spiro atoms. The number of ether oxygens (including phenoxy) is 2. The average Bonchev–Trinajstić information content (AvgIpc) is 3.27. The van der Waals surface area contributed by atoms with Crippen LogP contribution >= 0.6 is 0 Å². The van der Waals surface area contributed by atoms with Crippen molar-refractivity contribution in [1.29, 1.82) is 0 Å². The maximum atomic E-state index is 12.5. The molecule has 1 aliphatic rings. The minimum Gasteiger partial charge on any atom is -0.497 e. The highest BCUT2D eigenvalue weighted by molar-refractivity contribution is 5.79. The molecule has 1 amide bonds. The van der Waals surface area contributed by atoms with E-state index >= 15 is 0 Å². The summed E-state index contributed by atoms with van der Waals surface area (Å²) in [6, 6.07) is 18.9. The lowest BCUT2D eigenvalue weighted by Gasteiger charge is -2.16. The highest BCUT2D eigenvalue weighted by Crippen LogP contribution is 2.24. The Morgan fingerprint density at radius 1 is 1.06 bits per heavy atom. The molecule has 2 aromatic heterocycles. The average molecular weight is 418 g/mol. The number of hydrogen-bond acceptors (Lipinski definition) is 6. The van der Waals surface area contributed by atoms with Crippen LogP contribution in [0.15, 0.2) is 66.9 Å². The van der Waals surface area contributed by atoms with E-state index in [-0.39, 0.29) is 11.8 Å². The standard InChI is InChI=1S/C24H26N4O3/c1-30-21-8-10-22(11-9-21)31-23-7-4-6-20(27-23)17-28-14-12-18(16-28)24(29)26-15-19-5-2-3-13-25-19/h2-11,13,18H,12,14-17H2,1H3,(H,26,29). The van der Waals surface area contributed by atoms with Gasteiger partial charge < -0.3 is 14.8 Å². The molecule has 1 N–H and O–H groups in total. The van der Waals surface area contributed by atoms with Gasteiger partial charge in [-0.3, -0.25) is 14.7 Å². The van der Waals surface area contributed by atoms with Crippen LogP contribution in [-0.2, 0) is 17.9 Å². The molecule has 0 aliphatic carbocycles. The largest absolute Gasteiger partial charge is 0.497 e. The molecule has 1 atom stereocenters. The molecule has 31 heavy (non-hydrogen) atoms. The molecule has 1 fully saturated rings. The second-order valence-electron chi connectivity index (χ2n) is 7.50. The molecule has 0 saturated carbocycles. The van der Waals surface area contributed by atoms with Crippen molar-refractivity contribution in [3.8, 4) is 17.4 Å². The summed E-state index contributed by atoms with van der Waals surface area (Å²) in [6.45, 7) is 2.73. The number of methoxy groups -OCH3 is 1. The Labute approximate surface area is 182 Å². The van der Waals surface area contributed by atoms with Gasteiger partial charge in [0.1, 0.15) is 11.5 Å². The zero-order chi connectivity index (χ0) is 21.5. The second kappa shape index (κ2) is 10.0. The third-order valence-electron chi connectivity index (χ3n) is 5.26. The number of carbonyl (C=O) groups excluding carboxylic acids is 1. The van der Waals surface area contributed by atoms with Gasteiger partial charge in [-0.1, -0.05) is 12.1 Å². The van der Waals surface area contributed by atoms with E-state index in [2.05, 4.69) is 20.2 Å². The molecule has 3 aromatic rings. The summed E-state index contributed by atoms with van der Waals surface area (Å²) >= 11 is 0. The van der Waals surface area contributed by atoms with Gasteiger partial charge in [0.2, 0.25) is 11.8 Å². The molecule has 0 radical (unpaired) electrons. The molecule has 1 aliphatic heterocycles. The molecule has 1 aromatic carbocycles. The van der Waals surface area contributed by atoms with Crippen molar-refractivity contribution in [3.63, 3.8) is 0 Å². The summed E-state index contributed by atoms with van der Waals surface area (Å²) < 4.78 is 11.0. The molecule has 0 bridgehead atoms. The Kier molecular flexibility index (Phi) is 6.74. The lowest BCUT2D eigenvalue weighted by atomic mass is 10.1. The fraction of sp³-hybridized carbons (Fsp3) is 0.292. The Morgan fingerprint density at radius 3 is 2.65 bits per heavy atom. The number of likely N-dealkylation sites (tertiary alicyclic amines) is 1. The fourth-order valence-corrected chi connectivity index (χ4v) is 3.61. The first kappa shape index (κ1) is 20.8. The van der Waals surface area contributed by atoms with Gasteiger partial charge in [0.15, 0.2) is 0 Å².